The lowest BCUT2D eigenvalue weighted by atomic mass is 10.2. The highest BCUT2D eigenvalue weighted by Crippen LogP contribution is 2.29. The van der Waals surface area contributed by atoms with Crippen molar-refractivity contribution in [1.82, 2.24) is 5.43 Å². The number of nitrogens with one attached hydrogen (secondary N) is 2. The molecular formula is C16H16FN3O2S. The Balaban J connectivity index is 1.96. The second-order valence-electron chi connectivity index (χ2n) is 4.42. The fourth-order valence-corrected chi connectivity index (χ4v) is 1.98. The molecule has 0 aliphatic rings. The van der Waals surface area contributed by atoms with Crippen LogP contribution in [0.3, 0.4) is 0 Å². The van der Waals surface area contributed by atoms with Crippen LogP contribution in [0.15, 0.2) is 47.6 Å². The molecule has 23 heavy (non-hydrogen) atoms. The van der Waals surface area contributed by atoms with Gasteiger partial charge in [0.25, 0.3) is 0 Å². The van der Waals surface area contributed by atoms with Gasteiger partial charge in [0, 0.05) is 17.3 Å². The van der Waals surface area contributed by atoms with Crippen LogP contribution in [-0.2, 0) is 0 Å². The van der Waals surface area contributed by atoms with Crippen molar-refractivity contribution in [1.29, 1.82) is 0 Å². The first-order valence-corrected chi connectivity index (χ1v) is 7.11. The zero-order valence-electron chi connectivity index (χ0n) is 12.7. The normalized spacial score (nSPS) is 10.4. The molecule has 0 saturated carbocycles. The van der Waals surface area contributed by atoms with E-state index in [0.29, 0.717) is 22.7 Å². The fraction of sp³-hybridized carbons (Fsp3) is 0.125. The summed E-state index contributed by atoms with van der Waals surface area (Å²) in [7, 11) is 3.12. The molecule has 7 heteroatoms. The fourth-order valence-electron chi connectivity index (χ4n) is 1.81. The highest BCUT2D eigenvalue weighted by molar-refractivity contribution is 7.80. The molecule has 0 spiro atoms. The van der Waals surface area contributed by atoms with Crippen LogP contribution < -0.4 is 20.2 Å². The zero-order chi connectivity index (χ0) is 16.7. The van der Waals surface area contributed by atoms with Crippen LogP contribution in [0.5, 0.6) is 11.5 Å². The Morgan fingerprint density at radius 2 is 1.87 bits per heavy atom. The van der Waals surface area contributed by atoms with E-state index in [1.807, 2.05) is 0 Å². The Morgan fingerprint density at radius 1 is 1.13 bits per heavy atom. The molecule has 2 aromatic rings. The molecule has 120 valence electrons. The summed E-state index contributed by atoms with van der Waals surface area (Å²) in [6.45, 7) is 0. The molecule has 0 unspecified atom stereocenters. The number of halogens is 1. The largest absolute Gasteiger partial charge is 0.493 e. The quantitative estimate of drug-likeness (QED) is 0.500. The van der Waals surface area contributed by atoms with Gasteiger partial charge in [0.2, 0.25) is 0 Å². The van der Waals surface area contributed by atoms with E-state index in [1.165, 1.54) is 12.3 Å². The molecule has 5 nitrogen and oxygen atoms in total. The second kappa shape index (κ2) is 8.09. The van der Waals surface area contributed by atoms with Crippen molar-refractivity contribution in [2.75, 3.05) is 19.5 Å². The van der Waals surface area contributed by atoms with Crippen LogP contribution in [0, 0.1) is 5.82 Å². The van der Waals surface area contributed by atoms with E-state index in [9.17, 15) is 4.39 Å². The summed E-state index contributed by atoms with van der Waals surface area (Å²) in [6, 6.07) is 11.6. The Bertz CT molecular complexity index is 722. The molecule has 0 bridgehead atoms. The topological polar surface area (TPSA) is 54.9 Å². The van der Waals surface area contributed by atoms with Crippen LogP contribution >= 0.6 is 12.2 Å². The summed E-state index contributed by atoms with van der Waals surface area (Å²) in [6.07, 6.45) is 1.36. The lowest BCUT2D eigenvalue weighted by Gasteiger charge is -2.11. The van der Waals surface area contributed by atoms with Gasteiger partial charge in [-0.25, -0.2) is 4.39 Å². The highest BCUT2D eigenvalue weighted by Gasteiger charge is 2.05. The molecule has 2 aromatic carbocycles. The van der Waals surface area contributed by atoms with Gasteiger partial charge in [0.15, 0.2) is 16.6 Å². The standard InChI is InChI=1S/C16H16FN3O2S/c1-21-14-8-7-12(9-15(14)22-2)19-16(23)20-18-10-11-5-3-4-6-13(11)17/h3-10H,1-2H3,(H2,19,20,23)/b18-10-. The molecule has 0 heterocycles. The van der Waals surface area contributed by atoms with Gasteiger partial charge in [-0.05, 0) is 30.4 Å². The van der Waals surface area contributed by atoms with E-state index >= 15 is 0 Å². The Kier molecular flexibility index (Phi) is 5.87. The van der Waals surface area contributed by atoms with Gasteiger partial charge in [-0.1, -0.05) is 18.2 Å². The number of anilines is 1. The van der Waals surface area contributed by atoms with Crippen LogP contribution in [0.1, 0.15) is 5.56 Å². The first-order chi connectivity index (χ1) is 11.1. The molecule has 0 aliphatic heterocycles. The van der Waals surface area contributed by atoms with Gasteiger partial charge in [-0.2, -0.15) is 5.10 Å². The Morgan fingerprint density at radius 3 is 2.57 bits per heavy atom. The number of benzene rings is 2. The van der Waals surface area contributed by atoms with E-state index in [4.69, 9.17) is 21.7 Å². The molecule has 2 N–H and O–H groups in total. The number of hydrazone groups is 1. The van der Waals surface area contributed by atoms with E-state index in [-0.39, 0.29) is 10.9 Å². The smallest absolute Gasteiger partial charge is 0.191 e. The maximum Gasteiger partial charge on any atom is 0.191 e. The minimum Gasteiger partial charge on any atom is -0.493 e. The molecule has 0 atom stereocenters. The number of hydrogen-bond acceptors (Lipinski definition) is 4. The van der Waals surface area contributed by atoms with Gasteiger partial charge >= 0.3 is 0 Å². The predicted molar refractivity (Wildman–Crippen MR) is 92.9 cm³/mol. The minimum absolute atomic E-state index is 0.268. The molecular weight excluding hydrogens is 317 g/mol. The molecule has 0 amide bonds. The van der Waals surface area contributed by atoms with E-state index in [1.54, 1.807) is 50.6 Å². The van der Waals surface area contributed by atoms with E-state index in [2.05, 4.69) is 15.8 Å². The van der Waals surface area contributed by atoms with Crippen molar-refractivity contribution >= 4 is 29.2 Å². The summed E-state index contributed by atoms with van der Waals surface area (Å²) in [5.74, 6) is 0.849. The molecule has 0 aromatic heterocycles. The van der Waals surface area contributed by atoms with Crippen molar-refractivity contribution < 1.29 is 13.9 Å². The second-order valence-corrected chi connectivity index (χ2v) is 4.82. The monoisotopic (exact) mass is 333 g/mol. The third kappa shape index (κ3) is 4.65. The lowest BCUT2D eigenvalue weighted by molar-refractivity contribution is 0.355. The first kappa shape index (κ1) is 16.7. The van der Waals surface area contributed by atoms with Crippen molar-refractivity contribution in [2.24, 2.45) is 5.10 Å². The summed E-state index contributed by atoms with van der Waals surface area (Å²) >= 11 is 5.12. The highest BCUT2D eigenvalue weighted by atomic mass is 32.1. The Hall–Kier alpha value is -2.67. The van der Waals surface area contributed by atoms with Crippen molar-refractivity contribution in [3.05, 3.63) is 53.8 Å². The molecule has 0 radical (unpaired) electrons. The maximum atomic E-state index is 13.4. The van der Waals surface area contributed by atoms with Gasteiger partial charge in [0.05, 0.1) is 20.4 Å². The van der Waals surface area contributed by atoms with Crippen molar-refractivity contribution in [3.8, 4) is 11.5 Å². The zero-order valence-corrected chi connectivity index (χ0v) is 13.5. The SMILES string of the molecule is COc1ccc(NC(=S)N/N=C\c2ccccc2F)cc1OC. The third-order valence-electron chi connectivity index (χ3n) is 2.92. The van der Waals surface area contributed by atoms with Crippen LogP contribution in [0.25, 0.3) is 0 Å². The summed E-state index contributed by atoms with van der Waals surface area (Å²) in [4.78, 5) is 0. The number of ether oxygens (including phenoxy) is 2. The third-order valence-corrected chi connectivity index (χ3v) is 3.11. The summed E-state index contributed by atoms with van der Waals surface area (Å²) in [5.41, 5.74) is 3.70. The number of methoxy groups -OCH3 is 2. The summed E-state index contributed by atoms with van der Waals surface area (Å²) < 4.78 is 23.8. The average molecular weight is 333 g/mol. The maximum absolute atomic E-state index is 13.4. The van der Waals surface area contributed by atoms with Crippen molar-refractivity contribution in [2.45, 2.75) is 0 Å². The van der Waals surface area contributed by atoms with Gasteiger partial charge in [0.1, 0.15) is 5.82 Å². The number of rotatable bonds is 5. The number of hydrogen-bond donors (Lipinski definition) is 2. The number of thiocarbonyl (C=S) groups is 1. The average Bonchev–Trinajstić information content (AvgIpc) is 2.56. The summed E-state index contributed by atoms with van der Waals surface area (Å²) in [5, 5.41) is 7.11. The van der Waals surface area contributed by atoms with E-state index in [0.717, 1.165) is 0 Å². The van der Waals surface area contributed by atoms with Crippen LogP contribution in [0.2, 0.25) is 0 Å². The van der Waals surface area contributed by atoms with Gasteiger partial charge in [-0.15, -0.1) is 0 Å². The molecule has 0 fully saturated rings. The van der Waals surface area contributed by atoms with Crippen molar-refractivity contribution in [3.63, 3.8) is 0 Å². The molecule has 0 aliphatic carbocycles. The molecule has 2 rings (SSSR count). The Labute approximate surface area is 139 Å². The predicted octanol–water partition coefficient (Wildman–Crippen LogP) is 3.16. The number of nitrogens with zero attached hydrogens (tertiary/aromatic N) is 1. The van der Waals surface area contributed by atoms with Crippen LogP contribution in [-0.4, -0.2) is 25.5 Å². The minimum atomic E-state index is -0.350. The van der Waals surface area contributed by atoms with Crippen LogP contribution in [0.4, 0.5) is 10.1 Å². The van der Waals surface area contributed by atoms with Gasteiger partial charge in [-0.3, -0.25) is 5.43 Å². The first-order valence-electron chi connectivity index (χ1n) is 6.70. The van der Waals surface area contributed by atoms with Gasteiger partial charge < -0.3 is 14.8 Å². The lowest BCUT2D eigenvalue weighted by Crippen LogP contribution is -2.23. The van der Waals surface area contributed by atoms with E-state index < -0.39 is 0 Å². The molecule has 0 saturated heterocycles.